The highest BCUT2D eigenvalue weighted by atomic mass is 32.1. The van der Waals surface area contributed by atoms with Crippen molar-refractivity contribution in [3.8, 4) is 10.4 Å². The molecule has 3 aromatic rings. The molecule has 1 aromatic heterocycles. The lowest BCUT2D eigenvalue weighted by Gasteiger charge is -2.10. The van der Waals surface area contributed by atoms with E-state index in [1.807, 2.05) is 29.6 Å². The maximum atomic E-state index is 12.4. The number of hydrogen-bond donors (Lipinski definition) is 2. The largest absolute Gasteiger partial charge is 0.397 e. The first-order valence-electron chi connectivity index (χ1n) is 7.56. The van der Waals surface area contributed by atoms with Crippen LogP contribution in [0.2, 0.25) is 0 Å². The van der Waals surface area contributed by atoms with Gasteiger partial charge in [0.1, 0.15) is 0 Å². The number of nitrogens with one attached hydrogen (secondary N) is 1. The van der Waals surface area contributed by atoms with Gasteiger partial charge in [-0.15, -0.1) is 11.3 Å². The third-order valence-electron chi connectivity index (χ3n) is 3.64. The van der Waals surface area contributed by atoms with E-state index in [9.17, 15) is 9.36 Å². The minimum atomic E-state index is -1.23. The SMILES string of the molecule is Nc1ccc(-c2cccs2)cc1NC(=O)c1ccc(CO[PH2]=O)cc1. The summed E-state index contributed by atoms with van der Waals surface area (Å²) < 4.78 is 15.3. The first-order valence-corrected chi connectivity index (χ1v) is 9.38. The monoisotopic (exact) mass is 372 g/mol. The molecule has 2 aromatic carbocycles. The van der Waals surface area contributed by atoms with Crippen molar-refractivity contribution in [2.24, 2.45) is 0 Å². The zero-order valence-corrected chi connectivity index (χ0v) is 15.2. The van der Waals surface area contributed by atoms with Gasteiger partial charge < -0.3 is 15.6 Å². The summed E-state index contributed by atoms with van der Waals surface area (Å²) in [4.78, 5) is 13.6. The fourth-order valence-corrected chi connectivity index (χ4v) is 3.32. The highest BCUT2D eigenvalue weighted by Crippen LogP contribution is 2.30. The zero-order valence-electron chi connectivity index (χ0n) is 13.3. The summed E-state index contributed by atoms with van der Waals surface area (Å²) in [5.74, 6) is -0.239. The summed E-state index contributed by atoms with van der Waals surface area (Å²) in [6.07, 6.45) is 0. The fourth-order valence-electron chi connectivity index (χ4n) is 2.34. The van der Waals surface area contributed by atoms with Crippen LogP contribution in [0.3, 0.4) is 0 Å². The van der Waals surface area contributed by atoms with E-state index in [-0.39, 0.29) is 12.5 Å². The van der Waals surface area contributed by atoms with Crippen LogP contribution in [0.15, 0.2) is 60.0 Å². The Balaban J connectivity index is 1.76. The lowest BCUT2D eigenvalue weighted by atomic mass is 10.1. The molecule has 0 fully saturated rings. The lowest BCUT2D eigenvalue weighted by Crippen LogP contribution is -2.13. The van der Waals surface area contributed by atoms with Crippen LogP contribution in [0.4, 0.5) is 11.4 Å². The van der Waals surface area contributed by atoms with E-state index in [4.69, 9.17) is 10.3 Å². The molecule has 3 N–H and O–H groups in total. The summed E-state index contributed by atoms with van der Waals surface area (Å²) in [6.45, 7) is 0.274. The van der Waals surface area contributed by atoms with Crippen molar-refractivity contribution >= 4 is 37.3 Å². The highest BCUT2D eigenvalue weighted by molar-refractivity contribution is 7.17. The molecule has 5 nitrogen and oxygen atoms in total. The molecule has 1 amide bonds. The Bertz CT molecular complexity index is 880. The molecule has 0 radical (unpaired) electrons. The van der Waals surface area contributed by atoms with Crippen LogP contribution in [0, 0.1) is 0 Å². The van der Waals surface area contributed by atoms with Crippen LogP contribution in [0.1, 0.15) is 15.9 Å². The second-order valence-electron chi connectivity index (χ2n) is 5.34. The van der Waals surface area contributed by atoms with Crippen LogP contribution in [-0.2, 0) is 15.7 Å². The average molecular weight is 372 g/mol. The summed E-state index contributed by atoms with van der Waals surface area (Å²) in [5.41, 5.74) is 9.47. The number of carbonyl (C=O) groups is 1. The molecule has 0 aliphatic carbocycles. The molecule has 3 rings (SSSR count). The molecule has 1 atom stereocenters. The summed E-state index contributed by atoms with van der Waals surface area (Å²) in [7, 11) is -1.23. The van der Waals surface area contributed by atoms with E-state index in [1.54, 1.807) is 41.7 Å². The maximum absolute atomic E-state index is 12.4. The van der Waals surface area contributed by atoms with Crippen LogP contribution < -0.4 is 11.1 Å². The number of nitrogen functional groups attached to an aromatic ring is 1. The number of rotatable bonds is 6. The van der Waals surface area contributed by atoms with Crippen molar-refractivity contribution in [2.75, 3.05) is 11.1 Å². The van der Waals surface area contributed by atoms with Crippen LogP contribution in [0.25, 0.3) is 10.4 Å². The molecule has 128 valence electrons. The Labute approximate surface area is 150 Å². The van der Waals surface area contributed by atoms with Gasteiger partial charge in [0.15, 0.2) is 8.69 Å². The van der Waals surface area contributed by atoms with E-state index in [0.29, 0.717) is 16.9 Å². The Morgan fingerprint density at radius 1 is 1.16 bits per heavy atom. The van der Waals surface area contributed by atoms with Crippen molar-refractivity contribution < 1.29 is 13.9 Å². The minimum absolute atomic E-state index is 0.239. The van der Waals surface area contributed by atoms with Gasteiger partial charge in [-0.1, -0.05) is 24.3 Å². The maximum Gasteiger partial charge on any atom is 0.255 e. The predicted molar refractivity (Wildman–Crippen MR) is 104 cm³/mol. The number of nitrogens with two attached hydrogens (primary N) is 1. The van der Waals surface area contributed by atoms with Crippen molar-refractivity contribution in [3.63, 3.8) is 0 Å². The molecule has 0 saturated carbocycles. The first kappa shape index (κ1) is 17.4. The number of amides is 1. The van der Waals surface area contributed by atoms with Crippen LogP contribution in [0.5, 0.6) is 0 Å². The molecular weight excluding hydrogens is 355 g/mol. The van der Waals surface area contributed by atoms with Crippen molar-refractivity contribution in [2.45, 2.75) is 6.61 Å². The zero-order chi connectivity index (χ0) is 17.6. The average Bonchev–Trinajstić information content (AvgIpc) is 3.17. The molecule has 0 aliphatic rings. The highest BCUT2D eigenvalue weighted by Gasteiger charge is 2.10. The number of thiophene rings is 1. The molecular formula is C18H17N2O3PS. The molecule has 0 spiro atoms. The van der Waals surface area contributed by atoms with Crippen molar-refractivity contribution in [1.29, 1.82) is 0 Å². The Kier molecular flexibility index (Phi) is 5.66. The summed E-state index contributed by atoms with van der Waals surface area (Å²) >= 11 is 1.63. The topological polar surface area (TPSA) is 81.4 Å². The van der Waals surface area contributed by atoms with Gasteiger partial charge in [0.05, 0.1) is 18.0 Å². The van der Waals surface area contributed by atoms with E-state index in [1.165, 1.54) is 0 Å². The first-order chi connectivity index (χ1) is 12.2. The number of hydrogen-bond acceptors (Lipinski definition) is 5. The smallest absolute Gasteiger partial charge is 0.255 e. The van der Waals surface area contributed by atoms with E-state index in [0.717, 1.165) is 16.0 Å². The van der Waals surface area contributed by atoms with Crippen LogP contribution in [-0.4, -0.2) is 5.91 Å². The van der Waals surface area contributed by atoms with Crippen LogP contribution >= 0.6 is 20.0 Å². The molecule has 25 heavy (non-hydrogen) atoms. The van der Waals surface area contributed by atoms with E-state index < -0.39 is 8.69 Å². The number of anilines is 2. The van der Waals surface area contributed by atoms with E-state index >= 15 is 0 Å². The second kappa shape index (κ2) is 8.12. The summed E-state index contributed by atoms with van der Waals surface area (Å²) in [6, 6.07) is 16.5. The van der Waals surface area contributed by atoms with Gasteiger partial charge in [0.25, 0.3) is 5.91 Å². The van der Waals surface area contributed by atoms with E-state index in [2.05, 4.69) is 5.32 Å². The van der Waals surface area contributed by atoms with Gasteiger partial charge in [-0.3, -0.25) is 9.36 Å². The third-order valence-corrected chi connectivity index (χ3v) is 4.86. The second-order valence-corrected chi connectivity index (χ2v) is 6.81. The predicted octanol–water partition coefficient (Wildman–Crippen LogP) is 4.44. The normalized spacial score (nSPS) is 11.0. The molecule has 1 unspecified atom stereocenters. The minimum Gasteiger partial charge on any atom is -0.397 e. The Hall–Kier alpha value is -2.40. The quantitative estimate of drug-likeness (QED) is 0.495. The molecule has 0 saturated heterocycles. The number of carbonyl (C=O) groups excluding carboxylic acids is 1. The van der Waals surface area contributed by atoms with Gasteiger partial charge in [-0.05, 0) is 46.8 Å². The molecule has 7 heteroatoms. The van der Waals surface area contributed by atoms with Gasteiger partial charge in [-0.25, -0.2) is 0 Å². The van der Waals surface area contributed by atoms with Gasteiger partial charge in [0.2, 0.25) is 0 Å². The standard InChI is InChI=1S/C18H17N2O3PS/c19-15-8-7-14(17-2-1-9-25-17)10-16(15)20-18(21)13-5-3-12(4-6-13)11-23-24-22/h1-10H,11,19,24H2,(H,20,21). The fraction of sp³-hybridized carbons (Fsp3) is 0.0556. The molecule has 1 heterocycles. The van der Waals surface area contributed by atoms with Crippen molar-refractivity contribution in [1.82, 2.24) is 0 Å². The molecule has 0 bridgehead atoms. The number of benzene rings is 2. The Morgan fingerprint density at radius 2 is 1.96 bits per heavy atom. The van der Waals surface area contributed by atoms with Gasteiger partial charge in [0, 0.05) is 10.4 Å². The summed E-state index contributed by atoms with van der Waals surface area (Å²) in [5, 5.41) is 4.86. The molecule has 0 aliphatic heterocycles. The third kappa shape index (κ3) is 4.37. The van der Waals surface area contributed by atoms with Gasteiger partial charge in [-0.2, -0.15) is 0 Å². The Morgan fingerprint density at radius 3 is 2.64 bits per heavy atom. The van der Waals surface area contributed by atoms with Crippen molar-refractivity contribution in [3.05, 3.63) is 71.1 Å². The lowest BCUT2D eigenvalue weighted by molar-refractivity contribution is 0.102. The van der Waals surface area contributed by atoms with Gasteiger partial charge >= 0.3 is 0 Å².